The third-order valence-electron chi connectivity index (χ3n) is 4.09. The van der Waals surface area contributed by atoms with Crippen molar-refractivity contribution in [3.8, 4) is 11.5 Å². The lowest BCUT2D eigenvalue weighted by atomic mass is 10.1. The molecule has 10 heteroatoms. The fourth-order valence-electron chi connectivity index (χ4n) is 2.75. The molecule has 2 aromatic carbocycles. The molecule has 0 spiro atoms. The second-order valence-electron chi connectivity index (χ2n) is 5.94. The Labute approximate surface area is 150 Å². The maximum Gasteiger partial charge on any atom is 0.341 e. The number of fused-ring (bicyclic) bond motifs is 1. The number of carbonyl (C=O) groups is 1. The highest BCUT2D eigenvalue weighted by atomic mass is 32.2. The van der Waals surface area contributed by atoms with Crippen LogP contribution >= 0.6 is 0 Å². The fraction of sp³-hybridized carbons (Fsp3) is 0.235. The summed E-state index contributed by atoms with van der Waals surface area (Å²) in [6.07, 6.45) is -1.19. The third kappa shape index (κ3) is 3.18. The third-order valence-corrected chi connectivity index (χ3v) is 5.51. The van der Waals surface area contributed by atoms with Gasteiger partial charge < -0.3 is 4.74 Å². The average molecular weight is 406 g/mol. The summed E-state index contributed by atoms with van der Waals surface area (Å²) in [6.45, 7) is 1.43. The number of rotatable bonds is 4. The van der Waals surface area contributed by atoms with E-state index in [4.69, 9.17) is 4.74 Å². The summed E-state index contributed by atoms with van der Waals surface area (Å²) in [5.41, 5.74) is -1.30. The van der Waals surface area contributed by atoms with E-state index in [1.54, 1.807) is 0 Å². The molecule has 0 amide bonds. The van der Waals surface area contributed by atoms with Gasteiger partial charge in [0.2, 0.25) is 15.6 Å². The Hall–Kier alpha value is -2.49. The van der Waals surface area contributed by atoms with Gasteiger partial charge in [0.25, 0.3) is 0 Å². The predicted molar refractivity (Wildman–Crippen MR) is 83.8 cm³/mol. The van der Waals surface area contributed by atoms with E-state index in [1.165, 1.54) is 19.1 Å². The highest BCUT2D eigenvalue weighted by molar-refractivity contribution is 7.91. The molecule has 3 rings (SSSR count). The quantitative estimate of drug-likeness (QED) is 0.711. The summed E-state index contributed by atoms with van der Waals surface area (Å²) in [5, 5.41) is 0. The number of alkyl halides is 4. The van der Waals surface area contributed by atoms with Crippen LogP contribution in [0.4, 0.5) is 22.0 Å². The van der Waals surface area contributed by atoms with Gasteiger partial charge in [-0.25, -0.2) is 12.8 Å². The van der Waals surface area contributed by atoms with Crippen LogP contribution in [0.5, 0.6) is 11.5 Å². The number of ether oxygens (including phenoxy) is 1. The zero-order valence-electron chi connectivity index (χ0n) is 13.6. The molecule has 1 aliphatic carbocycles. The second-order valence-corrected chi connectivity index (χ2v) is 7.83. The first-order valence-corrected chi connectivity index (χ1v) is 9.04. The van der Waals surface area contributed by atoms with Crippen LogP contribution < -0.4 is 4.74 Å². The SMILES string of the molecule is Cc1cc(Oc2ccc(S(=O)(=O)C(F)F)c3c2CC(F)(F)C3=O)ccc1F. The summed E-state index contributed by atoms with van der Waals surface area (Å²) < 4.78 is 95.8. The first-order valence-electron chi connectivity index (χ1n) is 7.49. The van der Waals surface area contributed by atoms with E-state index in [0.29, 0.717) is 6.07 Å². The molecule has 2 aromatic rings. The highest BCUT2D eigenvalue weighted by Gasteiger charge is 2.51. The zero-order chi connectivity index (χ0) is 20.1. The molecule has 0 radical (unpaired) electrons. The van der Waals surface area contributed by atoms with E-state index in [1.807, 2.05) is 0 Å². The molecule has 0 aromatic heterocycles. The van der Waals surface area contributed by atoms with Crippen molar-refractivity contribution in [1.82, 2.24) is 0 Å². The average Bonchev–Trinajstić information content (AvgIpc) is 2.82. The molecule has 0 N–H and O–H groups in total. The van der Waals surface area contributed by atoms with Crippen LogP contribution in [0.25, 0.3) is 0 Å². The van der Waals surface area contributed by atoms with Gasteiger partial charge in [0.1, 0.15) is 17.3 Å². The van der Waals surface area contributed by atoms with Crippen molar-refractivity contribution in [3.05, 3.63) is 52.8 Å². The molecular formula is C17H11F5O4S. The molecule has 0 saturated carbocycles. The van der Waals surface area contributed by atoms with E-state index < -0.39 is 55.6 Å². The minimum Gasteiger partial charge on any atom is -0.457 e. The van der Waals surface area contributed by atoms with Crippen molar-refractivity contribution >= 4 is 15.6 Å². The predicted octanol–water partition coefficient (Wildman–Crippen LogP) is 4.30. The fourth-order valence-corrected chi connectivity index (χ4v) is 3.70. The maximum absolute atomic E-state index is 13.9. The smallest absolute Gasteiger partial charge is 0.341 e. The van der Waals surface area contributed by atoms with Gasteiger partial charge >= 0.3 is 11.7 Å². The number of aryl methyl sites for hydroxylation is 1. The molecule has 0 fully saturated rings. The lowest BCUT2D eigenvalue weighted by Gasteiger charge is -2.13. The van der Waals surface area contributed by atoms with Crippen LogP contribution in [0.15, 0.2) is 35.2 Å². The topological polar surface area (TPSA) is 60.4 Å². The Morgan fingerprint density at radius 1 is 1.15 bits per heavy atom. The minimum absolute atomic E-state index is 0.0447. The van der Waals surface area contributed by atoms with Crippen LogP contribution in [0, 0.1) is 12.7 Å². The summed E-state index contributed by atoms with van der Waals surface area (Å²) in [4.78, 5) is 10.8. The molecule has 4 nitrogen and oxygen atoms in total. The first-order chi connectivity index (χ1) is 12.4. The zero-order valence-corrected chi connectivity index (χ0v) is 14.4. The molecule has 144 valence electrons. The molecule has 0 saturated heterocycles. The molecular weight excluding hydrogens is 395 g/mol. The van der Waals surface area contributed by atoms with E-state index >= 15 is 0 Å². The van der Waals surface area contributed by atoms with E-state index in [9.17, 15) is 35.2 Å². The number of hydrogen-bond donors (Lipinski definition) is 0. The number of ketones is 1. The van der Waals surface area contributed by atoms with Crippen LogP contribution in [0.1, 0.15) is 21.5 Å². The van der Waals surface area contributed by atoms with E-state index in [2.05, 4.69) is 0 Å². The van der Waals surface area contributed by atoms with Gasteiger partial charge in [0.15, 0.2) is 0 Å². The summed E-state index contributed by atoms with van der Waals surface area (Å²) in [6, 6.07) is 5.08. The lowest BCUT2D eigenvalue weighted by Crippen LogP contribution is -2.25. The Morgan fingerprint density at radius 2 is 1.81 bits per heavy atom. The monoisotopic (exact) mass is 406 g/mol. The Bertz CT molecular complexity index is 1050. The Kier molecular flexibility index (Phi) is 4.49. The van der Waals surface area contributed by atoms with Gasteiger partial charge in [0.05, 0.1) is 4.90 Å². The lowest BCUT2D eigenvalue weighted by molar-refractivity contribution is 0.0165. The van der Waals surface area contributed by atoms with Gasteiger partial charge in [0, 0.05) is 17.5 Å². The highest BCUT2D eigenvalue weighted by Crippen LogP contribution is 2.44. The second kappa shape index (κ2) is 6.29. The van der Waals surface area contributed by atoms with Crippen molar-refractivity contribution in [3.63, 3.8) is 0 Å². The van der Waals surface area contributed by atoms with Crippen molar-refractivity contribution in [2.75, 3.05) is 0 Å². The van der Waals surface area contributed by atoms with Gasteiger partial charge in [-0.2, -0.15) is 17.6 Å². The van der Waals surface area contributed by atoms with E-state index in [-0.39, 0.29) is 17.1 Å². The molecule has 0 atom stereocenters. The Balaban J connectivity index is 2.17. The van der Waals surface area contributed by atoms with Crippen molar-refractivity contribution in [1.29, 1.82) is 0 Å². The molecule has 0 aliphatic heterocycles. The van der Waals surface area contributed by atoms with Gasteiger partial charge in [-0.05, 0) is 42.8 Å². The number of Topliss-reactive ketones (excluding diaryl/α,β-unsaturated/α-hetero) is 1. The maximum atomic E-state index is 13.9. The molecule has 0 heterocycles. The molecule has 27 heavy (non-hydrogen) atoms. The normalized spacial score (nSPS) is 15.9. The Morgan fingerprint density at radius 3 is 2.41 bits per heavy atom. The van der Waals surface area contributed by atoms with Crippen molar-refractivity contribution in [2.24, 2.45) is 0 Å². The van der Waals surface area contributed by atoms with E-state index in [0.717, 1.165) is 12.1 Å². The molecule has 0 unspecified atom stereocenters. The standard InChI is InChI=1S/C17H11F5O4S/c1-8-6-9(2-3-11(8)18)26-12-4-5-13(27(24,25)16(19)20)14-10(12)7-17(21,22)15(14)23/h2-6,16H,7H2,1H3. The van der Waals surface area contributed by atoms with Crippen LogP contribution in [0.2, 0.25) is 0 Å². The number of sulfone groups is 1. The van der Waals surface area contributed by atoms with Crippen molar-refractivity contribution < 1.29 is 39.9 Å². The largest absolute Gasteiger partial charge is 0.457 e. The van der Waals surface area contributed by atoms with Gasteiger partial charge in [-0.1, -0.05) is 0 Å². The molecule has 0 bridgehead atoms. The minimum atomic E-state index is -5.28. The number of carbonyl (C=O) groups excluding carboxylic acids is 1. The van der Waals surface area contributed by atoms with Crippen LogP contribution in [0.3, 0.4) is 0 Å². The number of benzene rings is 2. The van der Waals surface area contributed by atoms with Crippen LogP contribution in [-0.4, -0.2) is 25.9 Å². The van der Waals surface area contributed by atoms with Crippen LogP contribution in [-0.2, 0) is 16.3 Å². The number of hydrogen-bond acceptors (Lipinski definition) is 4. The first kappa shape index (κ1) is 19.3. The molecule has 1 aliphatic rings. The summed E-state index contributed by atoms with van der Waals surface area (Å²) in [5.74, 6) is -10.5. The number of halogens is 5. The van der Waals surface area contributed by atoms with Gasteiger partial charge in [-0.15, -0.1) is 0 Å². The summed E-state index contributed by atoms with van der Waals surface area (Å²) >= 11 is 0. The summed E-state index contributed by atoms with van der Waals surface area (Å²) in [7, 11) is -5.28. The van der Waals surface area contributed by atoms with Gasteiger partial charge in [-0.3, -0.25) is 4.79 Å². The van der Waals surface area contributed by atoms with Crippen molar-refractivity contribution in [2.45, 2.75) is 29.9 Å².